The zero-order valence-corrected chi connectivity index (χ0v) is 13.1. The minimum atomic E-state index is -0.467. The summed E-state index contributed by atoms with van der Waals surface area (Å²) in [5.41, 5.74) is 0.431. The van der Waals surface area contributed by atoms with Crippen molar-refractivity contribution >= 4 is 15.9 Å². The maximum Gasteiger partial charge on any atom is 0.248 e. The monoisotopic (exact) mass is 349 g/mol. The van der Waals surface area contributed by atoms with E-state index in [4.69, 9.17) is 4.42 Å². The van der Waals surface area contributed by atoms with Gasteiger partial charge < -0.3 is 9.52 Å². The summed E-state index contributed by atoms with van der Waals surface area (Å²) in [5, 5.41) is 18.5. The van der Waals surface area contributed by atoms with Crippen molar-refractivity contribution in [1.82, 2.24) is 15.1 Å². The molecule has 0 bridgehead atoms. The SMILES string of the molecule is OC1(C2CC2)CN(Cc2nnc(-c3ccccc3Br)o2)C1. The van der Waals surface area contributed by atoms with Crippen LogP contribution in [0.5, 0.6) is 0 Å². The van der Waals surface area contributed by atoms with E-state index in [0.717, 1.165) is 22.9 Å². The van der Waals surface area contributed by atoms with Gasteiger partial charge in [0, 0.05) is 17.6 Å². The van der Waals surface area contributed by atoms with Gasteiger partial charge in [-0.1, -0.05) is 12.1 Å². The largest absolute Gasteiger partial charge is 0.419 e. The molecule has 0 unspecified atom stereocenters. The van der Waals surface area contributed by atoms with Gasteiger partial charge in [0.05, 0.1) is 17.7 Å². The first-order chi connectivity index (χ1) is 10.1. The first-order valence-electron chi connectivity index (χ1n) is 7.16. The fraction of sp³-hybridized carbons (Fsp3) is 0.467. The molecule has 1 N–H and O–H groups in total. The van der Waals surface area contributed by atoms with Gasteiger partial charge in [-0.2, -0.15) is 0 Å². The van der Waals surface area contributed by atoms with E-state index in [1.807, 2.05) is 24.3 Å². The number of likely N-dealkylation sites (tertiary alicyclic amines) is 1. The second kappa shape index (κ2) is 4.90. The predicted octanol–water partition coefficient (Wildman–Crippen LogP) is 2.46. The van der Waals surface area contributed by atoms with Gasteiger partial charge in [0.25, 0.3) is 0 Å². The average molecular weight is 350 g/mol. The highest BCUT2D eigenvalue weighted by molar-refractivity contribution is 9.10. The van der Waals surface area contributed by atoms with Crippen LogP contribution in [0.4, 0.5) is 0 Å². The molecule has 1 aromatic carbocycles. The Morgan fingerprint density at radius 1 is 1.29 bits per heavy atom. The van der Waals surface area contributed by atoms with E-state index >= 15 is 0 Å². The van der Waals surface area contributed by atoms with Crippen LogP contribution in [0.3, 0.4) is 0 Å². The Morgan fingerprint density at radius 3 is 2.76 bits per heavy atom. The van der Waals surface area contributed by atoms with Gasteiger partial charge >= 0.3 is 0 Å². The molecule has 110 valence electrons. The van der Waals surface area contributed by atoms with Crippen molar-refractivity contribution in [2.24, 2.45) is 5.92 Å². The zero-order chi connectivity index (χ0) is 14.4. The number of aromatic nitrogens is 2. The third-order valence-corrected chi connectivity index (χ3v) is 4.95. The second-order valence-corrected chi connectivity index (χ2v) is 6.86. The molecule has 2 aliphatic rings. The smallest absolute Gasteiger partial charge is 0.248 e. The van der Waals surface area contributed by atoms with Crippen LogP contribution in [0, 0.1) is 5.92 Å². The molecule has 0 radical (unpaired) electrons. The van der Waals surface area contributed by atoms with Crippen molar-refractivity contribution in [2.45, 2.75) is 25.0 Å². The van der Waals surface area contributed by atoms with Crippen LogP contribution in [-0.2, 0) is 6.54 Å². The Hall–Kier alpha value is -1.24. The Kier molecular flexibility index (Phi) is 3.13. The number of rotatable bonds is 4. The van der Waals surface area contributed by atoms with Gasteiger partial charge in [-0.3, -0.25) is 4.90 Å². The highest BCUT2D eigenvalue weighted by Gasteiger charge is 2.51. The number of hydrogen-bond acceptors (Lipinski definition) is 5. The number of benzene rings is 1. The molecule has 4 rings (SSSR count). The van der Waals surface area contributed by atoms with E-state index in [2.05, 4.69) is 31.0 Å². The molecule has 2 aromatic rings. The summed E-state index contributed by atoms with van der Waals surface area (Å²) in [4.78, 5) is 2.15. The molecule has 6 heteroatoms. The van der Waals surface area contributed by atoms with Crippen molar-refractivity contribution < 1.29 is 9.52 Å². The van der Waals surface area contributed by atoms with Crippen LogP contribution < -0.4 is 0 Å². The minimum absolute atomic E-state index is 0.467. The molecule has 0 atom stereocenters. The summed E-state index contributed by atoms with van der Waals surface area (Å²) in [6.45, 7) is 2.03. The number of halogens is 1. The summed E-state index contributed by atoms with van der Waals surface area (Å²) in [5.74, 6) is 1.63. The molecule has 2 heterocycles. The molecule has 1 aliphatic carbocycles. The third-order valence-electron chi connectivity index (χ3n) is 4.26. The van der Waals surface area contributed by atoms with Crippen LogP contribution in [0.1, 0.15) is 18.7 Å². The Labute approximate surface area is 131 Å². The lowest BCUT2D eigenvalue weighted by atomic mass is 9.89. The Bertz CT molecular complexity index is 662. The quantitative estimate of drug-likeness (QED) is 0.918. The average Bonchev–Trinajstić information content (AvgIpc) is 3.19. The van der Waals surface area contributed by atoms with E-state index in [-0.39, 0.29) is 0 Å². The van der Waals surface area contributed by atoms with Gasteiger partial charge in [0.1, 0.15) is 0 Å². The molecule has 1 saturated carbocycles. The number of β-amino-alcohol motifs (C(OH)–C–C–N with tert-alkyl or cyclic N) is 1. The topological polar surface area (TPSA) is 62.4 Å². The first kappa shape index (κ1) is 13.4. The molecule has 0 amide bonds. The standard InChI is InChI=1S/C15H16BrN3O2/c16-12-4-2-1-3-11(12)14-18-17-13(21-14)7-19-8-15(20,9-19)10-5-6-10/h1-4,10,20H,5-9H2. The van der Waals surface area contributed by atoms with E-state index in [0.29, 0.717) is 37.3 Å². The third kappa shape index (κ3) is 2.52. The van der Waals surface area contributed by atoms with Crippen molar-refractivity contribution in [2.75, 3.05) is 13.1 Å². The van der Waals surface area contributed by atoms with Gasteiger partial charge in [-0.15, -0.1) is 10.2 Å². The van der Waals surface area contributed by atoms with Crippen molar-refractivity contribution in [3.05, 3.63) is 34.6 Å². The zero-order valence-electron chi connectivity index (χ0n) is 11.5. The Morgan fingerprint density at radius 2 is 2.05 bits per heavy atom. The van der Waals surface area contributed by atoms with E-state index in [9.17, 15) is 5.11 Å². The normalized spacial score (nSPS) is 21.2. The highest BCUT2D eigenvalue weighted by Crippen LogP contribution is 2.44. The predicted molar refractivity (Wildman–Crippen MR) is 80.4 cm³/mol. The Balaban J connectivity index is 1.43. The lowest BCUT2D eigenvalue weighted by Crippen LogP contribution is -2.62. The summed E-state index contributed by atoms with van der Waals surface area (Å²) < 4.78 is 6.66. The van der Waals surface area contributed by atoms with Gasteiger partial charge in [0.2, 0.25) is 11.8 Å². The molecule has 21 heavy (non-hydrogen) atoms. The number of hydrogen-bond donors (Lipinski definition) is 1. The molecule has 2 fully saturated rings. The fourth-order valence-electron chi connectivity index (χ4n) is 2.97. The van der Waals surface area contributed by atoms with Crippen LogP contribution in [0.15, 0.2) is 33.2 Å². The van der Waals surface area contributed by atoms with E-state index < -0.39 is 5.60 Å². The lowest BCUT2D eigenvalue weighted by Gasteiger charge is -2.46. The summed E-state index contributed by atoms with van der Waals surface area (Å²) >= 11 is 3.48. The van der Waals surface area contributed by atoms with Crippen LogP contribution in [0.2, 0.25) is 0 Å². The molecule has 5 nitrogen and oxygen atoms in total. The van der Waals surface area contributed by atoms with Crippen LogP contribution in [0.25, 0.3) is 11.5 Å². The number of aliphatic hydroxyl groups is 1. The molecule has 1 aromatic heterocycles. The van der Waals surface area contributed by atoms with Crippen molar-refractivity contribution in [3.8, 4) is 11.5 Å². The van der Waals surface area contributed by atoms with Crippen molar-refractivity contribution in [1.29, 1.82) is 0 Å². The molecular weight excluding hydrogens is 334 g/mol. The summed E-state index contributed by atoms with van der Waals surface area (Å²) in [7, 11) is 0. The maximum atomic E-state index is 10.3. The van der Waals surface area contributed by atoms with E-state index in [1.165, 1.54) is 0 Å². The maximum absolute atomic E-state index is 10.3. The van der Waals surface area contributed by atoms with Gasteiger partial charge in [-0.05, 0) is 46.8 Å². The lowest BCUT2D eigenvalue weighted by molar-refractivity contribution is -0.118. The molecule has 0 spiro atoms. The van der Waals surface area contributed by atoms with Gasteiger partial charge in [-0.25, -0.2) is 0 Å². The summed E-state index contributed by atoms with van der Waals surface area (Å²) in [6.07, 6.45) is 2.33. The fourth-order valence-corrected chi connectivity index (χ4v) is 3.43. The van der Waals surface area contributed by atoms with Gasteiger partial charge in [0.15, 0.2) is 0 Å². The molecular formula is C15H16BrN3O2. The van der Waals surface area contributed by atoms with Crippen molar-refractivity contribution in [3.63, 3.8) is 0 Å². The molecule has 1 saturated heterocycles. The highest BCUT2D eigenvalue weighted by atomic mass is 79.9. The van der Waals surface area contributed by atoms with Crippen LogP contribution in [-0.4, -0.2) is 38.9 Å². The van der Waals surface area contributed by atoms with Crippen LogP contribution >= 0.6 is 15.9 Å². The minimum Gasteiger partial charge on any atom is -0.419 e. The number of nitrogens with zero attached hydrogens (tertiary/aromatic N) is 3. The first-order valence-corrected chi connectivity index (χ1v) is 7.95. The summed E-state index contributed by atoms with van der Waals surface area (Å²) in [6, 6.07) is 7.78. The second-order valence-electron chi connectivity index (χ2n) is 6.00. The van der Waals surface area contributed by atoms with E-state index in [1.54, 1.807) is 0 Å². The molecule has 1 aliphatic heterocycles.